The average Bonchev–Trinajstić information content (AvgIpc) is 2.46. The van der Waals surface area contributed by atoms with E-state index in [2.05, 4.69) is 5.32 Å². The second-order valence-electron chi connectivity index (χ2n) is 4.09. The molecular formula is C15H16N2O2. The van der Waals surface area contributed by atoms with Gasteiger partial charge in [-0.2, -0.15) is 0 Å². The van der Waals surface area contributed by atoms with E-state index in [-0.39, 0.29) is 5.91 Å². The number of benzene rings is 2. The molecule has 2 aromatic rings. The van der Waals surface area contributed by atoms with E-state index in [1.807, 2.05) is 30.3 Å². The first kappa shape index (κ1) is 13.0. The normalized spacial score (nSPS) is 9.95. The van der Waals surface area contributed by atoms with Crippen LogP contribution in [0.4, 0.5) is 5.69 Å². The Balaban J connectivity index is 2.08. The maximum atomic E-state index is 12.1. The first-order valence-corrected chi connectivity index (χ1v) is 5.97. The molecule has 0 heterocycles. The van der Waals surface area contributed by atoms with Crippen LogP contribution in [0.2, 0.25) is 0 Å². The Morgan fingerprint density at radius 2 is 1.89 bits per heavy atom. The van der Waals surface area contributed by atoms with Gasteiger partial charge in [0.15, 0.2) is 0 Å². The minimum Gasteiger partial charge on any atom is -0.495 e. The van der Waals surface area contributed by atoms with Crippen LogP contribution in [0.1, 0.15) is 15.9 Å². The van der Waals surface area contributed by atoms with Gasteiger partial charge in [-0.3, -0.25) is 4.79 Å². The summed E-state index contributed by atoms with van der Waals surface area (Å²) in [5.74, 6) is 0.299. The van der Waals surface area contributed by atoms with Crippen molar-refractivity contribution in [3.63, 3.8) is 0 Å². The Hall–Kier alpha value is -2.49. The molecule has 0 spiro atoms. The summed E-state index contributed by atoms with van der Waals surface area (Å²) in [7, 11) is 1.53. The third kappa shape index (κ3) is 3.04. The zero-order valence-corrected chi connectivity index (χ0v) is 10.7. The molecule has 0 aromatic heterocycles. The molecule has 4 nitrogen and oxygen atoms in total. The summed E-state index contributed by atoms with van der Waals surface area (Å²) in [5, 5.41) is 2.83. The Morgan fingerprint density at radius 1 is 1.16 bits per heavy atom. The smallest absolute Gasteiger partial charge is 0.253 e. The number of amides is 1. The summed E-state index contributed by atoms with van der Waals surface area (Å²) < 4.78 is 5.09. The van der Waals surface area contributed by atoms with Gasteiger partial charge in [0.1, 0.15) is 5.75 Å². The fourth-order valence-corrected chi connectivity index (χ4v) is 1.79. The second-order valence-corrected chi connectivity index (χ2v) is 4.09. The van der Waals surface area contributed by atoms with Gasteiger partial charge in [0.25, 0.3) is 5.91 Å². The standard InChI is InChI=1S/C15H16N2O2/c1-19-13-9-5-8-12(14(13)16)15(18)17-10-11-6-3-2-4-7-11/h2-9H,10,16H2,1H3,(H,17,18). The molecule has 98 valence electrons. The van der Waals surface area contributed by atoms with Crippen LogP contribution in [0, 0.1) is 0 Å². The number of para-hydroxylation sites is 1. The lowest BCUT2D eigenvalue weighted by molar-refractivity contribution is 0.0951. The molecule has 2 aromatic carbocycles. The molecule has 0 unspecified atom stereocenters. The van der Waals surface area contributed by atoms with Gasteiger partial charge in [-0.15, -0.1) is 0 Å². The van der Waals surface area contributed by atoms with Crippen molar-refractivity contribution in [3.05, 3.63) is 59.7 Å². The van der Waals surface area contributed by atoms with Gasteiger partial charge in [-0.1, -0.05) is 36.4 Å². The number of nitrogens with two attached hydrogens (primary N) is 1. The van der Waals surface area contributed by atoms with Crippen molar-refractivity contribution in [2.75, 3.05) is 12.8 Å². The van der Waals surface area contributed by atoms with E-state index < -0.39 is 0 Å². The van der Waals surface area contributed by atoms with Gasteiger partial charge in [0.2, 0.25) is 0 Å². The van der Waals surface area contributed by atoms with Crippen LogP contribution in [0.3, 0.4) is 0 Å². The quantitative estimate of drug-likeness (QED) is 0.824. The van der Waals surface area contributed by atoms with Gasteiger partial charge in [0.05, 0.1) is 18.4 Å². The first-order valence-electron chi connectivity index (χ1n) is 5.97. The zero-order chi connectivity index (χ0) is 13.7. The minimum atomic E-state index is -0.208. The lowest BCUT2D eigenvalue weighted by Gasteiger charge is -2.10. The molecule has 0 aliphatic rings. The highest BCUT2D eigenvalue weighted by molar-refractivity contribution is 6.00. The van der Waals surface area contributed by atoms with Crippen molar-refractivity contribution >= 4 is 11.6 Å². The van der Waals surface area contributed by atoms with E-state index in [9.17, 15) is 4.79 Å². The van der Waals surface area contributed by atoms with E-state index in [0.717, 1.165) is 5.56 Å². The summed E-state index contributed by atoms with van der Waals surface area (Å²) in [6.45, 7) is 0.469. The number of ether oxygens (including phenoxy) is 1. The molecule has 0 fully saturated rings. The molecule has 0 aliphatic heterocycles. The molecule has 0 bridgehead atoms. The van der Waals surface area contributed by atoms with Crippen molar-refractivity contribution in [1.29, 1.82) is 0 Å². The monoisotopic (exact) mass is 256 g/mol. The van der Waals surface area contributed by atoms with Crippen LogP contribution in [0.5, 0.6) is 5.75 Å². The van der Waals surface area contributed by atoms with E-state index in [0.29, 0.717) is 23.5 Å². The summed E-state index contributed by atoms with van der Waals surface area (Å²) in [6, 6.07) is 14.9. The first-order chi connectivity index (χ1) is 9.22. The number of carbonyl (C=O) groups is 1. The highest BCUT2D eigenvalue weighted by Gasteiger charge is 2.12. The van der Waals surface area contributed by atoms with Gasteiger partial charge in [-0.25, -0.2) is 0 Å². The minimum absolute atomic E-state index is 0.208. The molecule has 3 N–H and O–H groups in total. The summed E-state index contributed by atoms with van der Waals surface area (Å²) >= 11 is 0. The van der Waals surface area contributed by atoms with Crippen LogP contribution < -0.4 is 15.8 Å². The molecule has 0 aliphatic carbocycles. The number of hydrogen-bond donors (Lipinski definition) is 2. The van der Waals surface area contributed by atoms with Gasteiger partial charge in [0, 0.05) is 6.54 Å². The van der Waals surface area contributed by atoms with Crippen molar-refractivity contribution < 1.29 is 9.53 Å². The fourth-order valence-electron chi connectivity index (χ4n) is 1.79. The maximum absolute atomic E-state index is 12.1. The number of nitrogen functional groups attached to an aromatic ring is 1. The van der Waals surface area contributed by atoms with Crippen molar-refractivity contribution in [2.45, 2.75) is 6.54 Å². The van der Waals surface area contributed by atoms with Crippen LogP contribution in [0.25, 0.3) is 0 Å². The third-order valence-electron chi connectivity index (χ3n) is 2.83. The fraction of sp³-hybridized carbons (Fsp3) is 0.133. The summed E-state index contributed by atoms with van der Waals surface area (Å²) in [5.41, 5.74) is 7.70. The molecule has 0 saturated carbocycles. The highest BCUT2D eigenvalue weighted by atomic mass is 16.5. The molecular weight excluding hydrogens is 240 g/mol. The number of anilines is 1. The second kappa shape index (κ2) is 5.91. The van der Waals surface area contributed by atoms with Gasteiger partial charge >= 0.3 is 0 Å². The Bertz CT molecular complexity index is 568. The Labute approximate surface area is 112 Å². The van der Waals surface area contributed by atoms with Crippen LogP contribution in [0.15, 0.2) is 48.5 Å². The van der Waals surface area contributed by atoms with Crippen molar-refractivity contribution in [1.82, 2.24) is 5.32 Å². The lowest BCUT2D eigenvalue weighted by Crippen LogP contribution is -2.23. The van der Waals surface area contributed by atoms with Crippen LogP contribution in [-0.4, -0.2) is 13.0 Å². The summed E-state index contributed by atoms with van der Waals surface area (Å²) in [4.78, 5) is 12.1. The summed E-state index contributed by atoms with van der Waals surface area (Å²) in [6.07, 6.45) is 0. The van der Waals surface area contributed by atoms with Crippen LogP contribution in [-0.2, 0) is 6.54 Å². The number of nitrogens with one attached hydrogen (secondary N) is 1. The molecule has 0 atom stereocenters. The van der Waals surface area contributed by atoms with Crippen LogP contribution >= 0.6 is 0 Å². The van der Waals surface area contributed by atoms with Crippen molar-refractivity contribution in [2.24, 2.45) is 0 Å². The number of methoxy groups -OCH3 is 1. The number of rotatable bonds is 4. The number of hydrogen-bond acceptors (Lipinski definition) is 3. The van der Waals surface area contributed by atoms with E-state index in [4.69, 9.17) is 10.5 Å². The van der Waals surface area contributed by atoms with Crippen molar-refractivity contribution in [3.8, 4) is 5.75 Å². The van der Waals surface area contributed by atoms with E-state index in [1.54, 1.807) is 18.2 Å². The maximum Gasteiger partial charge on any atom is 0.253 e. The molecule has 4 heteroatoms. The highest BCUT2D eigenvalue weighted by Crippen LogP contribution is 2.24. The molecule has 1 amide bonds. The topological polar surface area (TPSA) is 64.3 Å². The number of carbonyl (C=O) groups excluding carboxylic acids is 1. The largest absolute Gasteiger partial charge is 0.495 e. The SMILES string of the molecule is COc1cccc(C(=O)NCc2ccccc2)c1N. The predicted molar refractivity (Wildman–Crippen MR) is 75.0 cm³/mol. The molecule has 0 radical (unpaired) electrons. The van der Waals surface area contributed by atoms with Gasteiger partial charge in [-0.05, 0) is 17.7 Å². The Morgan fingerprint density at radius 3 is 2.58 bits per heavy atom. The predicted octanol–water partition coefficient (Wildman–Crippen LogP) is 2.21. The van der Waals surface area contributed by atoms with Gasteiger partial charge < -0.3 is 15.8 Å². The third-order valence-corrected chi connectivity index (χ3v) is 2.83. The Kier molecular flexibility index (Phi) is 4.03. The molecule has 2 rings (SSSR count). The van der Waals surface area contributed by atoms with E-state index in [1.165, 1.54) is 7.11 Å². The van der Waals surface area contributed by atoms with E-state index >= 15 is 0 Å². The molecule has 0 saturated heterocycles. The zero-order valence-electron chi connectivity index (χ0n) is 10.7. The molecule has 19 heavy (non-hydrogen) atoms. The lowest BCUT2D eigenvalue weighted by atomic mass is 10.1. The average molecular weight is 256 g/mol.